The molecule has 0 aromatic rings. The van der Waals surface area contributed by atoms with E-state index < -0.39 is 0 Å². The Labute approximate surface area is 95.2 Å². The van der Waals surface area contributed by atoms with Crippen LogP contribution in [-0.2, 0) is 0 Å². The average Bonchev–Trinajstić information content (AvgIpc) is 2.27. The summed E-state index contributed by atoms with van der Waals surface area (Å²) in [6.07, 6.45) is 6.41. The molecule has 0 saturated carbocycles. The predicted molar refractivity (Wildman–Crippen MR) is 67.0 cm³/mol. The Hall–Kier alpha value is -0.0800. The van der Waals surface area contributed by atoms with E-state index >= 15 is 0 Å². The van der Waals surface area contributed by atoms with E-state index in [4.69, 9.17) is 5.73 Å². The van der Waals surface area contributed by atoms with Gasteiger partial charge in [-0.1, -0.05) is 27.2 Å². The number of nitrogens with zero attached hydrogens (tertiary/aromatic N) is 1. The van der Waals surface area contributed by atoms with E-state index in [2.05, 4.69) is 25.7 Å². The standard InChI is InChI=1S/C13H28N2/c1-4-8-13(5-2,11-14)15-9-6-12(3)7-10-15/h12H,4-11,14H2,1-3H3. The first kappa shape index (κ1) is 13.0. The summed E-state index contributed by atoms with van der Waals surface area (Å²) in [6, 6.07) is 0. The van der Waals surface area contributed by atoms with Crippen LogP contribution < -0.4 is 5.73 Å². The molecule has 0 spiro atoms. The molecule has 2 nitrogen and oxygen atoms in total. The zero-order chi connectivity index (χ0) is 11.3. The van der Waals surface area contributed by atoms with Gasteiger partial charge in [0.25, 0.3) is 0 Å². The normalized spacial score (nSPS) is 24.0. The average molecular weight is 212 g/mol. The molecule has 1 unspecified atom stereocenters. The minimum absolute atomic E-state index is 0.300. The molecule has 1 atom stereocenters. The lowest BCUT2D eigenvalue weighted by Gasteiger charge is -2.46. The molecular weight excluding hydrogens is 184 g/mol. The third kappa shape index (κ3) is 2.94. The maximum absolute atomic E-state index is 6.03. The van der Waals surface area contributed by atoms with Gasteiger partial charge in [-0.15, -0.1) is 0 Å². The second kappa shape index (κ2) is 5.86. The first-order valence-electron chi connectivity index (χ1n) is 6.63. The van der Waals surface area contributed by atoms with Gasteiger partial charge in [-0.25, -0.2) is 0 Å². The summed E-state index contributed by atoms with van der Waals surface area (Å²) in [5, 5.41) is 0. The number of likely N-dealkylation sites (tertiary alicyclic amines) is 1. The molecule has 1 heterocycles. The fourth-order valence-corrected chi connectivity index (χ4v) is 2.88. The lowest BCUT2D eigenvalue weighted by molar-refractivity contribution is 0.0468. The third-order valence-corrected chi connectivity index (χ3v) is 4.21. The van der Waals surface area contributed by atoms with Gasteiger partial charge in [0.15, 0.2) is 0 Å². The van der Waals surface area contributed by atoms with Gasteiger partial charge in [-0.05, 0) is 44.7 Å². The molecule has 1 saturated heterocycles. The zero-order valence-corrected chi connectivity index (χ0v) is 10.8. The highest BCUT2D eigenvalue weighted by atomic mass is 15.2. The topological polar surface area (TPSA) is 29.3 Å². The van der Waals surface area contributed by atoms with Crippen molar-refractivity contribution in [3.63, 3.8) is 0 Å². The molecule has 2 N–H and O–H groups in total. The number of rotatable bonds is 5. The van der Waals surface area contributed by atoms with Gasteiger partial charge in [0, 0.05) is 12.1 Å². The summed E-state index contributed by atoms with van der Waals surface area (Å²) in [5.74, 6) is 0.912. The van der Waals surface area contributed by atoms with E-state index in [0.717, 1.165) is 12.5 Å². The minimum Gasteiger partial charge on any atom is -0.329 e. The monoisotopic (exact) mass is 212 g/mol. The van der Waals surface area contributed by atoms with Gasteiger partial charge < -0.3 is 5.73 Å². The summed E-state index contributed by atoms with van der Waals surface area (Å²) in [6.45, 7) is 10.3. The van der Waals surface area contributed by atoms with Crippen molar-refractivity contribution in [3.05, 3.63) is 0 Å². The lowest BCUT2D eigenvalue weighted by Crippen LogP contribution is -2.55. The molecule has 1 rings (SSSR count). The van der Waals surface area contributed by atoms with Crippen molar-refractivity contribution in [2.75, 3.05) is 19.6 Å². The van der Waals surface area contributed by atoms with E-state index in [9.17, 15) is 0 Å². The summed E-state index contributed by atoms with van der Waals surface area (Å²) >= 11 is 0. The molecule has 0 radical (unpaired) electrons. The Kier molecular flexibility index (Phi) is 5.07. The molecule has 0 amide bonds. The molecule has 0 aromatic carbocycles. The molecule has 90 valence electrons. The predicted octanol–water partition coefficient (Wildman–Crippen LogP) is 2.63. The first-order valence-corrected chi connectivity index (χ1v) is 6.63. The maximum Gasteiger partial charge on any atom is 0.0329 e. The third-order valence-electron chi connectivity index (χ3n) is 4.21. The Morgan fingerprint density at radius 2 is 1.87 bits per heavy atom. The molecule has 1 aliphatic rings. The minimum atomic E-state index is 0.300. The van der Waals surface area contributed by atoms with Crippen LogP contribution in [0.15, 0.2) is 0 Å². The number of piperidine rings is 1. The SMILES string of the molecule is CCCC(CC)(CN)N1CCC(C)CC1. The molecule has 1 aliphatic heterocycles. The Morgan fingerprint density at radius 3 is 2.27 bits per heavy atom. The van der Waals surface area contributed by atoms with E-state index in [1.807, 2.05) is 0 Å². The largest absolute Gasteiger partial charge is 0.329 e. The number of nitrogens with two attached hydrogens (primary N) is 1. The molecule has 0 bridgehead atoms. The zero-order valence-electron chi connectivity index (χ0n) is 10.8. The highest BCUT2D eigenvalue weighted by Crippen LogP contribution is 2.29. The first-order chi connectivity index (χ1) is 7.18. The highest BCUT2D eigenvalue weighted by molar-refractivity contribution is 4.92. The van der Waals surface area contributed by atoms with Crippen molar-refractivity contribution in [1.29, 1.82) is 0 Å². The molecule has 1 fully saturated rings. The summed E-state index contributed by atoms with van der Waals surface area (Å²) in [4.78, 5) is 2.66. The van der Waals surface area contributed by atoms with Crippen LogP contribution >= 0.6 is 0 Å². The van der Waals surface area contributed by atoms with Crippen LogP contribution in [0, 0.1) is 5.92 Å². The van der Waals surface area contributed by atoms with Crippen LogP contribution in [-0.4, -0.2) is 30.1 Å². The van der Waals surface area contributed by atoms with Crippen LogP contribution in [0.4, 0.5) is 0 Å². The van der Waals surface area contributed by atoms with Crippen molar-refractivity contribution >= 4 is 0 Å². The smallest absolute Gasteiger partial charge is 0.0329 e. The second-order valence-electron chi connectivity index (χ2n) is 5.20. The van der Waals surface area contributed by atoms with Crippen molar-refractivity contribution in [1.82, 2.24) is 4.90 Å². The van der Waals surface area contributed by atoms with Crippen molar-refractivity contribution in [2.24, 2.45) is 11.7 Å². The lowest BCUT2D eigenvalue weighted by atomic mass is 9.85. The molecular formula is C13H28N2. The van der Waals surface area contributed by atoms with E-state index in [0.29, 0.717) is 5.54 Å². The molecule has 2 heteroatoms. The molecule has 15 heavy (non-hydrogen) atoms. The summed E-state index contributed by atoms with van der Waals surface area (Å²) < 4.78 is 0. The fourth-order valence-electron chi connectivity index (χ4n) is 2.88. The Morgan fingerprint density at radius 1 is 1.27 bits per heavy atom. The van der Waals surface area contributed by atoms with Gasteiger partial charge in [-0.3, -0.25) is 4.90 Å². The fraction of sp³-hybridized carbons (Fsp3) is 1.00. The van der Waals surface area contributed by atoms with Crippen LogP contribution in [0.3, 0.4) is 0 Å². The van der Waals surface area contributed by atoms with Gasteiger partial charge >= 0.3 is 0 Å². The van der Waals surface area contributed by atoms with Crippen LogP contribution in [0.2, 0.25) is 0 Å². The quantitative estimate of drug-likeness (QED) is 0.759. The van der Waals surface area contributed by atoms with Crippen molar-refractivity contribution < 1.29 is 0 Å². The van der Waals surface area contributed by atoms with Crippen LogP contribution in [0.25, 0.3) is 0 Å². The van der Waals surface area contributed by atoms with Crippen LogP contribution in [0.1, 0.15) is 52.9 Å². The second-order valence-corrected chi connectivity index (χ2v) is 5.20. The number of hydrogen-bond acceptors (Lipinski definition) is 2. The molecule has 0 aromatic heterocycles. The van der Waals surface area contributed by atoms with Crippen molar-refractivity contribution in [3.8, 4) is 0 Å². The highest BCUT2D eigenvalue weighted by Gasteiger charge is 2.34. The van der Waals surface area contributed by atoms with E-state index in [1.54, 1.807) is 0 Å². The van der Waals surface area contributed by atoms with Gasteiger partial charge in [0.1, 0.15) is 0 Å². The van der Waals surface area contributed by atoms with E-state index in [-0.39, 0.29) is 0 Å². The van der Waals surface area contributed by atoms with Gasteiger partial charge in [0.05, 0.1) is 0 Å². The Bertz CT molecular complexity index is 167. The van der Waals surface area contributed by atoms with Crippen molar-refractivity contribution in [2.45, 2.75) is 58.4 Å². The Balaban J connectivity index is 2.62. The van der Waals surface area contributed by atoms with Crippen LogP contribution in [0.5, 0.6) is 0 Å². The summed E-state index contributed by atoms with van der Waals surface area (Å²) in [5.41, 5.74) is 6.33. The van der Waals surface area contributed by atoms with Gasteiger partial charge in [0.2, 0.25) is 0 Å². The summed E-state index contributed by atoms with van der Waals surface area (Å²) in [7, 11) is 0. The number of hydrogen-bond donors (Lipinski definition) is 1. The molecule has 0 aliphatic carbocycles. The van der Waals surface area contributed by atoms with Gasteiger partial charge in [-0.2, -0.15) is 0 Å². The maximum atomic E-state index is 6.03. The van der Waals surface area contributed by atoms with E-state index in [1.165, 1.54) is 45.2 Å².